The number of rotatable bonds is 2. The van der Waals surface area contributed by atoms with Crippen molar-refractivity contribution in [1.29, 1.82) is 0 Å². The Morgan fingerprint density at radius 3 is 2.22 bits per heavy atom. The summed E-state index contributed by atoms with van der Waals surface area (Å²) in [5.41, 5.74) is 0.411. The summed E-state index contributed by atoms with van der Waals surface area (Å²) in [6.07, 6.45) is 0. The molecule has 0 atom stereocenters. The standard InChI is InChI=1S/C6H9O2.Li.H/c1-4-8-6(7)5(2)3;;/h1-2,4H2,3H3;;. The maximum atomic E-state index is 10.4. The van der Waals surface area contributed by atoms with Gasteiger partial charge in [-0.3, -0.25) is 0 Å². The van der Waals surface area contributed by atoms with E-state index < -0.39 is 0 Å². The molecular weight excluding hydrogens is 111 g/mol. The monoisotopic (exact) mass is 121 g/mol. The molecule has 0 aromatic carbocycles. The molecule has 0 heterocycles. The van der Waals surface area contributed by atoms with Crippen LogP contribution in [-0.4, -0.2) is 31.4 Å². The maximum absolute atomic E-state index is 10.4. The van der Waals surface area contributed by atoms with E-state index in [1.165, 1.54) is 0 Å². The molecule has 1 radical (unpaired) electrons. The van der Waals surface area contributed by atoms with Crippen molar-refractivity contribution in [2.24, 2.45) is 0 Å². The molecule has 47 valence electrons. The van der Waals surface area contributed by atoms with Gasteiger partial charge in [-0.05, 0) is 13.8 Å². The third-order valence-electron chi connectivity index (χ3n) is 0.582. The summed E-state index contributed by atoms with van der Waals surface area (Å²) in [5, 5.41) is 0. The molecule has 2 nitrogen and oxygen atoms in total. The molecule has 0 rings (SSSR count). The van der Waals surface area contributed by atoms with Crippen LogP contribution in [0, 0.1) is 6.92 Å². The van der Waals surface area contributed by atoms with E-state index in [0.29, 0.717) is 5.57 Å². The third kappa shape index (κ3) is 5.68. The fraction of sp³-hybridized carbons (Fsp3) is 0.333. The molecule has 9 heavy (non-hydrogen) atoms. The second-order valence-electron chi connectivity index (χ2n) is 1.42. The molecule has 0 N–H and O–H groups in total. The topological polar surface area (TPSA) is 26.3 Å². The molecule has 0 saturated heterocycles. The minimum absolute atomic E-state index is 0. The molecule has 0 aliphatic heterocycles. The van der Waals surface area contributed by atoms with Crippen LogP contribution in [0.15, 0.2) is 12.2 Å². The molecule has 0 bridgehead atoms. The Morgan fingerprint density at radius 1 is 1.67 bits per heavy atom. The van der Waals surface area contributed by atoms with Crippen LogP contribution in [0.3, 0.4) is 0 Å². The molecule has 0 amide bonds. The van der Waals surface area contributed by atoms with Crippen LogP contribution in [0.5, 0.6) is 0 Å². The van der Waals surface area contributed by atoms with Gasteiger partial charge in [0.15, 0.2) is 0 Å². The molecule has 0 spiro atoms. The first-order valence-corrected chi connectivity index (χ1v) is 2.30. The molecule has 0 aromatic heterocycles. The van der Waals surface area contributed by atoms with Crippen LogP contribution in [0.2, 0.25) is 0 Å². The van der Waals surface area contributed by atoms with Gasteiger partial charge in [0.2, 0.25) is 0 Å². The number of ether oxygens (including phenoxy) is 1. The molecule has 0 saturated carbocycles. The van der Waals surface area contributed by atoms with Crippen molar-refractivity contribution >= 4 is 24.8 Å². The first-order valence-electron chi connectivity index (χ1n) is 2.30. The Bertz CT molecular complexity index is 110. The predicted octanol–water partition coefficient (Wildman–Crippen LogP) is 0.291. The number of carbonyl (C=O) groups is 1. The zero-order chi connectivity index (χ0) is 6.57. The van der Waals surface area contributed by atoms with Crippen LogP contribution >= 0.6 is 0 Å². The van der Waals surface area contributed by atoms with Gasteiger partial charge in [0, 0.05) is 5.57 Å². The molecule has 0 aliphatic carbocycles. The average molecular weight is 121 g/mol. The van der Waals surface area contributed by atoms with E-state index in [9.17, 15) is 4.79 Å². The van der Waals surface area contributed by atoms with Crippen LogP contribution < -0.4 is 0 Å². The number of esters is 1. The normalized spacial score (nSPS) is 7.33. The Hall–Kier alpha value is -0.193. The second-order valence-corrected chi connectivity index (χ2v) is 1.42. The van der Waals surface area contributed by atoms with E-state index >= 15 is 0 Å². The molecule has 3 heteroatoms. The van der Waals surface area contributed by atoms with E-state index in [2.05, 4.69) is 18.2 Å². The van der Waals surface area contributed by atoms with Gasteiger partial charge in [-0.25, -0.2) is 4.79 Å². The summed E-state index contributed by atoms with van der Waals surface area (Å²) in [4.78, 5) is 10.4. The van der Waals surface area contributed by atoms with Crippen molar-refractivity contribution in [3.8, 4) is 0 Å². The Kier molecular flexibility index (Phi) is 7.64. The Labute approximate surface area is 67.4 Å². The van der Waals surface area contributed by atoms with Crippen molar-refractivity contribution in [3.05, 3.63) is 19.1 Å². The van der Waals surface area contributed by atoms with Crippen LogP contribution in [-0.2, 0) is 9.53 Å². The quantitative estimate of drug-likeness (QED) is 0.298. The summed E-state index contributed by atoms with van der Waals surface area (Å²) >= 11 is 0. The molecule has 0 fully saturated rings. The van der Waals surface area contributed by atoms with Gasteiger partial charge in [-0.15, -0.1) is 0 Å². The van der Waals surface area contributed by atoms with E-state index in [4.69, 9.17) is 0 Å². The summed E-state index contributed by atoms with van der Waals surface area (Å²) in [5.74, 6) is -0.375. The van der Waals surface area contributed by atoms with Gasteiger partial charge in [-0.2, -0.15) is 0 Å². The summed E-state index contributed by atoms with van der Waals surface area (Å²) in [7, 11) is 0. The van der Waals surface area contributed by atoms with Crippen LogP contribution in [0.1, 0.15) is 6.92 Å². The summed E-state index contributed by atoms with van der Waals surface area (Å²) < 4.78 is 4.45. The fourth-order valence-corrected chi connectivity index (χ4v) is 0.216. The molecule has 0 unspecified atom stereocenters. The zero-order valence-corrected chi connectivity index (χ0v) is 4.94. The van der Waals surface area contributed by atoms with Crippen molar-refractivity contribution < 1.29 is 9.53 Å². The van der Waals surface area contributed by atoms with Gasteiger partial charge in [0.05, 0.1) is 6.61 Å². The van der Waals surface area contributed by atoms with Crippen LogP contribution in [0.4, 0.5) is 0 Å². The van der Waals surface area contributed by atoms with Crippen molar-refractivity contribution in [2.45, 2.75) is 6.92 Å². The average Bonchev–Trinajstić information content (AvgIpc) is 1.67. The van der Waals surface area contributed by atoms with Crippen LogP contribution in [0.25, 0.3) is 0 Å². The molecular formula is C6H10LiO2. The summed E-state index contributed by atoms with van der Waals surface area (Å²) in [6, 6.07) is 0. The Balaban J connectivity index is 0. The van der Waals surface area contributed by atoms with Gasteiger partial charge >= 0.3 is 24.8 Å². The number of carbonyl (C=O) groups excluding carboxylic acids is 1. The van der Waals surface area contributed by atoms with E-state index in [-0.39, 0.29) is 31.4 Å². The summed E-state index contributed by atoms with van der Waals surface area (Å²) in [6.45, 7) is 8.46. The molecule has 0 aromatic rings. The van der Waals surface area contributed by atoms with E-state index in [1.807, 2.05) is 0 Å². The SMILES string of the molecule is [CH2]COC(=O)C(=C)C.[LiH]. The fourth-order valence-electron chi connectivity index (χ4n) is 0.216. The van der Waals surface area contributed by atoms with E-state index in [0.717, 1.165) is 0 Å². The first-order chi connectivity index (χ1) is 3.68. The van der Waals surface area contributed by atoms with Gasteiger partial charge in [0.25, 0.3) is 0 Å². The minimum atomic E-state index is -0.375. The van der Waals surface area contributed by atoms with E-state index in [1.54, 1.807) is 6.92 Å². The third-order valence-corrected chi connectivity index (χ3v) is 0.582. The van der Waals surface area contributed by atoms with Gasteiger partial charge in [-0.1, -0.05) is 6.58 Å². The van der Waals surface area contributed by atoms with Gasteiger partial charge in [0.1, 0.15) is 0 Å². The Morgan fingerprint density at radius 2 is 2.11 bits per heavy atom. The zero-order valence-electron chi connectivity index (χ0n) is 4.94. The van der Waals surface area contributed by atoms with Crippen molar-refractivity contribution in [3.63, 3.8) is 0 Å². The van der Waals surface area contributed by atoms with Gasteiger partial charge < -0.3 is 4.74 Å². The predicted molar refractivity (Wildman–Crippen MR) is 38.3 cm³/mol. The second kappa shape index (κ2) is 5.94. The van der Waals surface area contributed by atoms with Crippen molar-refractivity contribution in [2.75, 3.05) is 6.61 Å². The number of hydrogen-bond donors (Lipinski definition) is 0. The molecule has 0 aliphatic rings. The number of hydrogen-bond acceptors (Lipinski definition) is 2. The van der Waals surface area contributed by atoms with Crippen molar-refractivity contribution in [1.82, 2.24) is 0 Å². The first kappa shape index (κ1) is 11.6.